The first-order valence-electron chi connectivity index (χ1n) is 9.51. The lowest BCUT2D eigenvalue weighted by Gasteiger charge is -2.15. The smallest absolute Gasteiger partial charge is 0.249 e. The van der Waals surface area contributed by atoms with E-state index in [2.05, 4.69) is 16.4 Å². The van der Waals surface area contributed by atoms with Crippen molar-refractivity contribution < 1.29 is 14.3 Å². The van der Waals surface area contributed by atoms with Crippen molar-refractivity contribution in [2.45, 2.75) is 25.7 Å². The molecule has 0 aliphatic carbocycles. The third-order valence-corrected chi connectivity index (χ3v) is 4.41. The zero-order chi connectivity index (χ0) is 20.5. The molecule has 0 unspecified atom stereocenters. The monoisotopic (exact) mass is 390 g/mol. The van der Waals surface area contributed by atoms with Gasteiger partial charge in [-0.1, -0.05) is 12.1 Å². The first kappa shape index (κ1) is 20.1. The standard InChI is InChI=1S/C22H22N4O3/c23-13-1-2-16-29-19-5-3-14-24-22(19)25-20(27)12-9-17-7-10-18(11-8-17)26-15-4-6-21(26)28/h3,5,7-12,14H,1-2,4,6,15-16H2,(H,24,25,27)/b12-9+. The normalized spacial score (nSPS) is 13.5. The number of aromatic nitrogens is 1. The topological polar surface area (TPSA) is 95.3 Å². The molecule has 1 saturated heterocycles. The van der Waals surface area contributed by atoms with Gasteiger partial charge in [-0.3, -0.25) is 9.59 Å². The second kappa shape index (κ2) is 10.0. The van der Waals surface area contributed by atoms with Gasteiger partial charge in [0.25, 0.3) is 0 Å². The Balaban J connectivity index is 1.57. The van der Waals surface area contributed by atoms with Gasteiger partial charge in [0.2, 0.25) is 11.8 Å². The molecule has 1 aromatic heterocycles. The molecule has 7 nitrogen and oxygen atoms in total. The van der Waals surface area contributed by atoms with E-state index >= 15 is 0 Å². The number of rotatable bonds is 8. The van der Waals surface area contributed by atoms with Crippen LogP contribution in [0.1, 0.15) is 31.2 Å². The summed E-state index contributed by atoms with van der Waals surface area (Å²) in [6.07, 6.45) is 7.19. The van der Waals surface area contributed by atoms with Crippen LogP contribution in [0, 0.1) is 11.3 Å². The van der Waals surface area contributed by atoms with Gasteiger partial charge in [0.1, 0.15) is 0 Å². The first-order chi connectivity index (χ1) is 14.2. The van der Waals surface area contributed by atoms with Crippen LogP contribution in [0.2, 0.25) is 0 Å². The molecule has 1 aromatic carbocycles. The maximum absolute atomic E-state index is 12.2. The van der Waals surface area contributed by atoms with Crippen LogP contribution in [0.15, 0.2) is 48.7 Å². The lowest BCUT2D eigenvalue weighted by molar-refractivity contribution is -0.117. The van der Waals surface area contributed by atoms with E-state index in [0.717, 1.165) is 24.2 Å². The Morgan fingerprint density at radius 1 is 1.31 bits per heavy atom. The average Bonchev–Trinajstić information content (AvgIpc) is 3.17. The zero-order valence-electron chi connectivity index (χ0n) is 16.0. The Morgan fingerprint density at radius 2 is 2.14 bits per heavy atom. The van der Waals surface area contributed by atoms with Gasteiger partial charge in [0.15, 0.2) is 11.6 Å². The fourth-order valence-corrected chi connectivity index (χ4v) is 2.95. The van der Waals surface area contributed by atoms with Crippen molar-refractivity contribution in [1.82, 2.24) is 4.98 Å². The van der Waals surface area contributed by atoms with Crippen LogP contribution in [0.4, 0.5) is 11.5 Å². The summed E-state index contributed by atoms with van der Waals surface area (Å²) in [5.41, 5.74) is 1.73. The minimum Gasteiger partial charge on any atom is -0.490 e. The van der Waals surface area contributed by atoms with E-state index < -0.39 is 0 Å². The summed E-state index contributed by atoms with van der Waals surface area (Å²) in [5, 5.41) is 11.3. The van der Waals surface area contributed by atoms with Gasteiger partial charge in [-0.15, -0.1) is 0 Å². The quantitative estimate of drug-likeness (QED) is 0.549. The number of amides is 2. The summed E-state index contributed by atoms with van der Waals surface area (Å²) >= 11 is 0. The minimum atomic E-state index is -0.329. The van der Waals surface area contributed by atoms with Crippen molar-refractivity contribution in [3.63, 3.8) is 0 Å². The van der Waals surface area contributed by atoms with Crippen LogP contribution in [0.3, 0.4) is 0 Å². The maximum atomic E-state index is 12.2. The number of nitrogens with one attached hydrogen (secondary N) is 1. The second-order valence-corrected chi connectivity index (χ2v) is 6.52. The van der Waals surface area contributed by atoms with Gasteiger partial charge in [-0.2, -0.15) is 5.26 Å². The molecule has 0 spiro atoms. The lowest BCUT2D eigenvalue weighted by Crippen LogP contribution is -2.23. The fourth-order valence-electron chi connectivity index (χ4n) is 2.95. The van der Waals surface area contributed by atoms with Crippen molar-refractivity contribution in [3.8, 4) is 11.8 Å². The van der Waals surface area contributed by atoms with Gasteiger partial charge < -0.3 is 15.0 Å². The summed E-state index contributed by atoms with van der Waals surface area (Å²) < 4.78 is 5.59. The molecule has 3 rings (SSSR count). The van der Waals surface area contributed by atoms with Crippen LogP contribution in [-0.4, -0.2) is 29.9 Å². The molecule has 0 saturated carbocycles. The highest BCUT2D eigenvalue weighted by Gasteiger charge is 2.21. The largest absolute Gasteiger partial charge is 0.490 e. The Bertz CT molecular complexity index is 932. The number of anilines is 2. The molecule has 1 N–H and O–H groups in total. The highest BCUT2D eigenvalue weighted by atomic mass is 16.5. The van der Waals surface area contributed by atoms with Crippen LogP contribution in [-0.2, 0) is 9.59 Å². The molecule has 0 atom stereocenters. The van der Waals surface area contributed by atoms with Crippen LogP contribution in [0.5, 0.6) is 5.75 Å². The summed E-state index contributed by atoms with van der Waals surface area (Å²) in [6, 6.07) is 13.0. The number of benzene rings is 1. The SMILES string of the molecule is N#CCCCOc1cccnc1NC(=O)/C=C/c1ccc(N2CCCC2=O)cc1. The molecule has 2 aromatic rings. The van der Waals surface area contributed by atoms with Gasteiger partial charge in [0.05, 0.1) is 12.7 Å². The van der Waals surface area contributed by atoms with Crippen LogP contribution in [0.25, 0.3) is 6.08 Å². The number of pyridine rings is 1. The van der Waals surface area contributed by atoms with Crippen molar-refractivity contribution in [3.05, 3.63) is 54.2 Å². The van der Waals surface area contributed by atoms with E-state index in [1.165, 1.54) is 6.08 Å². The summed E-state index contributed by atoms with van der Waals surface area (Å²) in [7, 11) is 0. The van der Waals surface area contributed by atoms with E-state index in [1.54, 1.807) is 29.3 Å². The zero-order valence-corrected chi connectivity index (χ0v) is 16.0. The Labute approximate surface area is 169 Å². The Hall–Kier alpha value is -3.66. The van der Waals surface area contributed by atoms with Gasteiger partial charge in [0, 0.05) is 37.3 Å². The van der Waals surface area contributed by atoms with Crippen molar-refractivity contribution in [1.29, 1.82) is 5.26 Å². The number of hydrogen-bond donors (Lipinski definition) is 1. The molecule has 148 valence electrons. The Morgan fingerprint density at radius 3 is 2.86 bits per heavy atom. The Kier molecular flexibility index (Phi) is 6.95. The molecule has 2 amide bonds. The molecular weight excluding hydrogens is 368 g/mol. The third kappa shape index (κ3) is 5.66. The van der Waals surface area contributed by atoms with E-state index in [1.807, 2.05) is 24.3 Å². The van der Waals surface area contributed by atoms with Gasteiger partial charge >= 0.3 is 0 Å². The summed E-state index contributed by atoms with van der Waals surface area (Å²) in [5.74, 6) is 0.617. The molecular formula is C22H22N4O3. The number of unbranched alkanes of at least 4 members (excludes halogenated alkanes) is 1. The van der Waals surface area contributed by atoms with Crippen LogP contribution >= 0.6 is 0 Å². The highest BCUT2D eigenvalue weighted by Crippen LogP contribution is 2.23. The minimum absolute atomic E-state index is 0.147. The molecule has 1 aliphatic heterocycles. The van der Waals surface area contributed by atoms with Gasteiger partial charge in [-0.25, -0.2) is 4.98 Å². The summed E-state index contributed by atoms with van der Waals surface area (Å²) in [6.45, 7) is 1.13. The predicted molar refractivity (Wildman–Crippen MR) is 110 cm³/mol. The van der Waals surface area contributed by atoms with E-state index in [9.17, 15) is 9.59 Å². The van der Waals surface area contributed by atoms with Crippen molar-refractivity contribution in [2.24, 2.45) is 0 Å². The highest BCUT2D eigenvalue weighted by molar-refractivity contribution is 6.02. The molecule has 0 bridgehead atoms. The van der Waals surface area contributed by atoms with Crippen molar-refractivity contribution >= 4 is 29.4 Å². The lowest BCUT2D eigenvalue weighted by atomic mass is 10.2. The number of hydrogen-bond acceptors (Lipinski definition) is 5. The molecule has 2 heterocycles. The maximum Gasteiger partial charge on any atom is 0.249 e. The second-order valence-electron chi connectivity index (χ2n) is 6.52. The average molecular weight is 390 g/mol. The molecule has 1 aliphatic rings. The van der Waals surface area contributed by atoms with Crippen molar-refractivity contribution in [2.75, 3.05) is 23.4 Å². The molecule has 0 radical (unpaired) electrons. The molecule has 1 fully saturated rings. The molecule has 29 heavy (non-hydrogen) atoms. The third-order valence-electron chi connectivity index (χ3n) is 4.41. The van der Waals surface area contributed by atoms with Crippen LogP contribution < -0.4 is 15.0 Å². The fraction of sp³-hybridized carbons (Fsp3) is 0.273. The molecule has 7 heteroatoms. The predicted octanol–water partition coefficient (Wildman–Crippen LogP) is 3.54. The van der Waals surface area contributed by atoms with Gasteiger partial charge in [-0.05, 0) is 48.7 Å². The number of nitrogens with zero attached hydrogens (tertiary/aromatic N) is 3. The number of carbonyl (C=O) groups excluding carboxylic acids is 2. The number of carbonyl (C=O) groups is 2. The number of nitriles is 1. The van der Waals surface area contributed by atoms with E-state index in [0.29, 0.717) is 37.4 Å². The summed E-state index contributed by atoms with van der Waals surface area (Å²) in [4.78, 5) is 30.0. The van der Waals surface area contributed by atoms with E-state index in [4.69, 9.17) is 10.00 Å². The van der Waals surface area contributed by atoms with E-state index in [-0.39, 0.29) is 11.8 Å². The number of ether oxygens (including phenoxy) is 1. The first-order valence-corrected chi connectivity index (χ1v) is 9.51.